The number of phenolic OH excluding ortho intramolecular Hbond substituents is 1. The van der Waals surface area contributed by atoms with Crippen LogP contribution in [0.2, 0.25) is 5.02 Å². The molecule has 0 saturated carbocycles. The number of phenols is 1. The molecule has 0 saturated heterocycles. The highest BCUT2D eigenvalue weighted by Gasteiger charge is 2.15. The molecule has 0 radical (unpaired) electrons. The minimum atomic E-state index is 0.108. The van der Waals surface area contributed by atoms with E-state index in [0.29, 0.717) is 5.02 Å². The van der Waals surface area contributed by atoms with Crippen molar-refractivity contribution in [3.8, 4) is 5.75 Å². The monoisotopic (exact) mass is 210 g/mol. The summed E-state index contributed by atoms with van der Waals surface area (Å²) in [6, 6.07) is 5.14. The van der Waals surface area contributed by atoms with Crippen molar-refractivity contribution in [2.75, 3.05) is 20.1 Å². The molecule has 0 unspecified atom stereocenters. The van der Waals surface area contributed by atoms with E-state index >= 15 is 0 Å². The van der Waals surface area contributed by atoms with Crippen LogP contribution in [0.5, 0.6) is 5.75 Å². The molecule has 0 atom stereocenters. The third-order valence-electron chi connectivity index (χ3n) is 2.26. The predicted molar refractivity (Wildman–Crippen MR) is 57.2 cm³/mol. The number of hydrogen-bond donors (Lipinski definition) is 1. The lowest BCUT2D eigenvalue weighted by molar-refractivity contribution is 0.475. The average Bonchev–Trinajstić information content (AvgIpc) is 2.57. The second-order valence-corrected chi connectivity index (χ2v) is 3.70. The molecule has 1 aliphatic heterocycles. The Morgan fingerprint density at radius 3 is 2.86 bits per heavy atom. The molecule has 0 amide bonds. The van der Waals surface area contributed by atoms with Crippen molar-refractivity contribution in [3.05, 3.63) is 28.8 Å². The van der Waals surface area contributed by atoms with Gasteiger partial charge in [-0.15, -0.1) is 0 Å². The van der Waals surface area contributed by atoms with Crippen LogP contribution in [0.4, 0.5) is 0 Å². The second kappa shape index (κ2) is 3.50. The van der Waals surface area contributed by atoms with Gasteiger partial charge in [-0.2, -0.15) is 0 Å². The van der Waals surface area contributed by atoms with E-state index in [0.717, 1.165) is 24.5 Å². The first kappa shape index (κ1) is 9.34. The highest BCUT2D eigenvalue weighted by Crippen LogP contribution is 2.24. The Labute approximate surface area is 87.6 Å². The normalized spacial score (nSPS) is 15.9. The Hall–Kier alpha value is -1.22. The quantitative estimate of drug-likeness (QED) is 0.767. The van der Waals surface area contributed by atoms with Gasteiger partial charge >= 0.3 is 0 Å². The molecule has 4 heteroatoms. The third kappa shape index (κ3) is 1.55. The Bertz CT molecular complexity index is 390. The zero-order valence-corrected chi connectivity index (χ0v) is 8.62. The number of rotatable bonds is 1. The van der Waals surface area contributed by atoms with Crippen LogP contribution in [-0.2, 0) is 0 Å². The maximum atomic E-state index is 9.27. The van der Waals surface area contributed by atoms with Gasteiger partial charge in [-0.3, -0.25) is 4.99 Å². The van der Waals surface area contributed by atoms with E-state index in [2.05, 4.69) is 9.89 Å². The van der Waals surface area contributed by atoms with Gasteiger partial charge in [0.1, 0.15) is 11.6 Å². The van der Waals surface area contributed by atoms with Crippen LogP contribution < -0.4 is 0 Å². The van der Waals surface area contributed by atoms with Gasteiger partial charge in [-0.05, 0) is 18.2 Å². The van der Waals surface area contributed by atoms with E-state index in [1.54, 1.807) is 12.1 Å². The number of hydrogen-bond acceptors (Lipinski definition) is 3. The van der Waals surface area contributed by atoms with Gasteiger partial charge in [0.25, 0.3) is 0 Å². The molecule has 74 valence electrons. The lowest BCUT2D eigenvalue weighted by atomic mass is 10.2. The molecule has 1 N–H and O–H groups in total. The maximum Gasteiger partial charge on any atom is 0.134 e. The summed E-state index contributed by atoms with van der Waals surface area (Å²) in [6.07, 6.45) is 0. The Morgan fingerprint density at radius 1 is 1.50 bits per heavy atom. The first-order valence-corrected chi connectivity index (χ1v) is 4.81. The summed E-state index contributed by atoms with van der Waals surface area (Å²) in [5, 5.41) is 9.63. The number of likely N-dealkylation sites (N-methyl/N-ethyl adjacent to an activating group) is 1. The fourth-order valence-electron chi connectivity index (χ4n) is 1.49. The SMILES string of the molecule is CN1CCN=C1c1ccc(O)c(Cl)c1. The van der Waals surface area contributed by atoms with Gasteiger partial charge in [0.2, 0.25) is 0 Å². The molecule has 0 fully saturated rings. The number of nitrogens with zero attached hydrogens (tertiary/aromatic N) is 2. The van der Waals surface area contributed by atoms with Gasteiger partial charge in [-0.25, -0.2) is 0 Å². The van der Waals surface area contributed by atoms with Crippen LogP contribution in [0.3, 0.4) is 0 Å². The molecule has 14 heavy (non-hydrogen) atoms. The van der Waals surface area contributed by atoms with E-state index in [9.17, 15) is 5.11 Å². The van der Waals surface area contributed by atoms with Crippen LogP contribution in [0, 0.1) is 0 Å². The molecular formula is C10H11ClN2O. The lowest BCUT2D eigenvalue weighted by Crippen LogP contribution is -2.23. The van der Waals surface area contributed by atoms with Crippen molar-refractivity contribution in [2.45, 2.75) is 0 Å². The van der Waals surface area contributed by atoms with E-state index in [1.165, 1.54) is 0 Å². The molecule has 1 aliphatic rings. The summed E-state index contributed by atoms with van der Waals surface area (Å²) in [5.41, 5.74) is 0.952. The fraction of sp³-hybridized carbons (Fsp3) is 0.300. The standard InChI is InChI=1S/C10H11ClN2O/c1-13-5-4-12-10(13)7-2-3-9(14)8(11)6-7/h2-3,6,14H,4-5H2,1H3. The maximum absolute atomic E-state index is 9.27. The number of aliphatic imine (C=N–C) groups is 1. The molecule has 0 aromatic heterocycles. The van der Waals surface area contributed by atoms with Crippen LogP contribution in [0.25, 0.3) is 0 Å². The Balaban J connectivity index is 2.37. The zero-order chi connectivity index (χ0) is 10.1. The predicted octanol–water partition coefficient (Wildman–Crippen LogP) is 1.74. The number of halogens is 1. The molecule has 1 aromatic rings. The van der Waals surface area contributed by atoms with Crippen molar-refractivity contribution >= 4 is 17.4 Å². The van der Waals surface area contributed by atoms with Crippen molar-refractivity contribution < 1.29 is 5.11 Å². The smallest absolute Gasteiger partial charge is 0.134 e. The number of benzene rings is 1. The largest absolute Gasteiger partial charge is 0.506 e. The summed E-state index contributed by atoms with van der Waals surface area (Å²) >= 11 is 5.82. The van der Waals surface area contributed by atoms with E-state index < -0.39 is 0 Å². The van der Waals surface area contributed by atoms with Crippen LogP contribution >= 0.6 is 11.6 Å². The minimum absolute atomic E-state index is 0.108. The summed E-state index contributed by atoms with van der Waals surface area (Å²) in [7, 11) is 1.99. The van der Waals surface area contributed by atoms with Crippen LogP contribution in [0.15, 0.2) is 23.2 Å². The molecule has 3 nitrogen and oxygen atoms in total. The number of amidine groups is 1. The highest BCUT2D eigenvalue weighted by molar-refractivity contribution is 6.32. The van der Waals surface area contributed by atoms with Gasteiger partial charge in [0, 0.05) is 19.2 Å². The van der Waals surface area contributed by atoms with E-state index in [4.69, 9.17) is 11.6 Å². The van der Waals surface area contributed by atoms with Gasteiger partial charge < -0.3 is 10.0 Å². The third-order valence-corrected chi connectivity index (χ3v) is 2.57. The number of aromatic hydroxyl groups is 1. The zero-order valence-electron chi connectivity index (χ0n) is 7.87. The fourth-order valence-corrected chi connectivity index (χ4v) is 1.67. The van der Waals surface area contributed by atoms with E-state index in [-0.39, 0.29) is 5.75 Å². The average molecular weight is 211 g/mol. The van der Waals surface area contributed by atoms with E-state index in [1.807, 2.05) is 13.1 Å². The molecule has 0 aliphatic carbocycles. The Morgan fingerprint density at radius 2 is 2.29 bits per heavy atom. The molecule has 2 rings (SSSR count). The summed E-state index contributed by atoms with van der Waals surface area (Å²) < 4.78 is 0. The minimum Gasteiger partial charge on any atom is -0.506 e. The molecule has 0 spiro atoms. The first-order chi connectivity index (χ1) is 6.68. The highest BCUT2D eigenvalue weighted by atomic mass is 35.5. The topological polar surface area (TPSA) is 35.8 Å². The van der Waals surface area contributed by atoms with Gasteiger partial charge in [-0.1, -0.05) is 11.6 Å². The molecule has 1 heterocycles. The van der Waals surface area contributed by atoms with Crippen LogP contribution in [-0.4, -0.2) is 36.0 Å². The van der Waals surface area contributed by atoms with Crippen molar-refractivity contribution in [1.82, 2.24) is 4.90 Å². The molecule has 1 aromatic carbocycles. The first-order valence-electron chi connectivity index (χ1n) is 4.43. The summed E-state index contributed by atoms with van der Waals surface area (Å²) in [4.78, 5) is 6.43. The van der Waals surface area contributed by atoms with Crippen molar-refractivity contribution in [1.29, 1.82) is 0 Å². The molecular weight excluding hydrogens is 200 g/mol. The lowest BCUT2D eigenvalue weighted by Gasteiger charge is -2.13. The second-order valence-electron chi connectivity index (χ2n) is 3.29. The van der Waals surface area contributed by atoms with Crippen molar-refractivity contribution in [3.63, 3.8) is 0 Å². The Kier molecular flexibility index (Phi) is 2.33. The van der Waals surface area contributed by atoms with Gasteiger partial charge in [0.15, 0.2) is 0 Å². The summed E-state index contributed by atoms with van der Waals surface area (Å²) in [6.45, 7) is 1.76. The molecule has 0 bridgehead atoms. The van der Waals surface area contributed by atoms with Gasteiger partial charge in [0.05, 0.1) is 11.6 Å². The van der Waals surface area contributed by atoms with Crippen molar-refractivity contribution in [2.24, 2.45) is 4.99 Å². The van der Waals surface area contributed by atoms with Crippen LogP contribution in [0.1, 0.15) is 5.56 Å². The summed E-state index contributed by atoms with van der Waals surface area (Å²) in [5.74, 6) is 1.04.